The molecule has 1 N–H and O–H groups in total. The largest absolute Gasteiger partial charge is 0.456 e. The van der Waals surface area contributed by atoms with Crippen LogP contribution in [-0.4, -0.2) is 5.54 Å². The van der Waals surface area contributed by atoms with E-state index in [0.29, 0.717) is 11.6 Å². The molecule has 0 heterocycles. The lowest BCUT2D eigenvalue weighted by atomic mass is 10.1. The monoisotopic (exact) mass is 367 g/mol. The first kappa shape index (κ1) is 16.3. The first-order valence-electron chi connectivity index (χ1n) is 6.81. The third-order valence-corrected chi connectivity index (χ3v) is 3.94. The van der Waals surface area contributed by atoms with Gasteiger partial charge in [-0.25, -0.2) is 0 Å². The van der Waals surface area contributed by atoms with E-state index < -0.39 is 0 Å². The molecule has 4 heteroatoms. The molecule has 112 valence electrons. The topological polar surface area (TPSA) is 21.3 Å². The Kier molecular flexibility index (Phi) is 5.31. The number of hydrogen-bond acceptors (Lipinski definition) is 2. The Bertz CT molecular complexity index is 622. The van der Waals surface area contributed by atoms with Gasteiger partial charge in [0.05, 0.1) is 4.47 Å². The van der Waals surface area contributed by atoms with Gasteiger partial charge in [0.2, 0.25) is 0 Å². The Morgan fingerprint density at radius 3 is 2.38 bits per heavy atom. The van der Waals surface area contributed by atoms with Crippen molar-refractivity contribution >= 4 is 27.5 Å². The van der Waals surface area contributed by atoms with Crippen molar-refractivity contribution in [2.75, 3.05) is 0 Å². The van der Waals surface area contributed by atoms with Gasteiger partial charge in [-0.2, -0.15) is 0 Å². The van der Waals surface area contributed by atoms with Gasteiger partial charge in [0.25, 0.3) is 0 Å². The summed E-state index contributed by atoms with van der Waals surface area (Å²) in [5.74, 6) is 1.54. The molecule has 0 aliphatic rings. The molecule has 0 aliphatic heterocycles. The highest BCUT2D eigenvalue weighted by atomic mass is 79.9. The quantitative estimate of drug-likeness (QED) is 0.738. The van der Waals surface area contributed by atoms with Crippen molar-refractivity contribution in [2.45, 2.75) is 32.9 Å². The summed E-state index contributed by atoms with van der Waals surface area (Å²) >= 11 is 9.83. The van der Waals surface area contributed by atoms with Crippen molar-refractivity contribution < 1.29 is 4.74 Å². The van der Waals surface area contributed by atoms with E-state index in [1.807, 2.05) is 42.5 Å². The van der Waals surface area contributed by atoms with Crippen LogP contribution in [0, 0.1) is 0 Å². The summed E-state index contributed by atoms with van der Waals surface area (Å²) in [5, 5.41) is 4.15. The number of halogens is 2. The second-order valence-electron chi connectivity index (χ2n) is 5.85. The van der Waals surface area contributed by atoms with Gasteiger partial charge < -0.3 is 10.1 Å². The molecule has 2 nitrogen and oxygen atoms in total. The van der Waals surface area contributed by atoms with E-state index in [1.54, 1.807) is 0 Å². The average molecular weight is 369 g/mol. The molecule has 0 saturated carbocycles. The van der Waals surface area contributed by atoms with Crippen LogP contribution in [0.2, 0.25) is 5.02 Å². The molecule has 0 amide bonds. The zero-order chi connectivity index (χ0) is 15.5. The fourth-order valence-electron chi connectivity index (χ4n) is 1.81. The van der Waals surface area contributed by atoms with Gasteiger partial charge in [-0.15, -0.1) is 0 Å². The maximum Gasteiger partial charge on any atom is 0.141 e. The highest BCUT2D eigenvalue weighted by molar-refractivity contribution is 9.10. The van der Waals surface area contributed by atoms with Crippen molar-refractivity contribution in [3.63, 3.8) is 0 Å². The van der Waals surface area contributed by atoms with Crippen LogP contribution in [0.3, 0.4) is 0 Å². The minimum absolute atomic E-state index is 0.0176. The van der Waals surface area contributed by atoms with Crippen LogP contribution in [0.15, 0.2) is 46.9 Å². The van der Waals surface area contributed by atoms with E-state index in [9.17, 15) is 0 Å². The van der Waals surface area contributed by atoms with Crippen LogP contribution in [0.4, 0.5) is 0 Å². The molecule has 0 unspecified atom stereocenters. The first-order chi connectivity index (χ1) is 9.87. The van der Waals surface area contributed by atoms with E-state index >= 15 is 0 Å². The van der Waals surface area contributed by atoms with Crippen LogP contribution in [0.5, 0.6) is 11.5 Å². The summed E-state index contributed by atoms with van der Waals surface area (Å²) < 4.78 is 6.93. The molecule has 0 spiro atoms. The van der Waals surface area contributed by atoms with Crippen molar-refractivity contribution in [3.8, 4) is 11.5 Å². The van der Waals surface area contributed by atoms with Gasteiger partial charge >= 0.3 is 0 Å². The maximum atomic E-state index is 6.33. The number of rotatable bonds is 4. The first-order valence-corrected chi connectivity index (χ1v) is 7.99. The molecule has 2 rings (SSSR count). The normalized spacial score (nSPS) is 11.5. The average Bonchev–Trinajstić information content (AvgIpc) is 2.39. The third-order valence-electron chi connectivity index (χ3n) is 2.93. The van der Waals surface area contributed by atoms with E-state index in [0.717, 1.165) is 21.5 Å². The van der Waals surface area contributed by atoms with Gasteiger partial charge in [-0.1, -0.05) is 29.8 Å². The third kappa shape index (κ3) is 4.73. The van der Waals surface area contributed by atoms with Crippen LogP contribution in [-0.2, 0) is 6.54 Å². The lowest BCUT2D eigenvalue weighted by molar-refractivity contribution is 0.414. The molecule has 0 fully saturated rings. The summed E-state index contributed by atoms with van der Waals surface area (Å²) in [6.07, 6.45) is 0. The van der Waals surface area contributed by atoms with Crippen molar-refractivity contribution in [3.05, 3.63) is 57.5 Å². The smallest absolute Gasteiger partial charge is 0.141 e. The van der Waals surface area contributed by atoms with Crippen molar-refractivity contribution in [2.24, 2.45) is 0 Å². The number of nitrogens with one attached hydrogen (secondary N) is 1. The molecular formula is C17H19BrClNO. The standard InChI is InChI=1S/C17H19BrClNO/c1-17(2,3)20-11-12-14(19)8-6-10-15(12)21-16-9-5-4-7-13(16)18/h4-10,20H,11H2,1-3H3. The molecule has 0 atom stereocenters. The van der Waals surface area contributed by atoms with E-state index in [2.05, 4.69) is 42.0 Å². The van der Waals surface area contributed by atoms with E-state index in [4.69, 9.17) is 16.3 Å². The van der Waals surface area contributed by atoms with Gasteiger partial charge in [0.1, 0.15) is 11.5 Å². The van der Waals surface area contributed by atoms with Crippen LogP contribution in [0.1, 0.15) is 26.3 Å². The van der Waals surface area contributed by atoms with Gasteiger partial charge in [-0.05, 0) is 61.0 Å². The Labute approximate surface area is 139 Å². The molecule has 0 bridgehead atoms. The Morgan fingerprint density at radius 1 is 1.05 bits per heavy atom. The lowest BCUT2D eigenvalue weighted by Crippen LogP contribution is -2.35. The lowest BCUT2D eigenvalue weighted by Gasteiger charge is -2.22. The number of para-hydroxylation sites is 1. The number of benzene rings is 2. The predicted octanol–water partition coefficient (Wildman–Crippen LogP) is 5.78. The fourth-order valence-corrected chi connectivity index (χ4v) is 2.40. The summed E-state index contributed by atoms with van der Waals surface area (Å²) in [6.45, 7) is 7.03. The van der Waals surface area contributed by atoms with Gasteiger partial charge in [-0.3, -0.25) is 0 Å². The molecule has 0 aliphatic carbocycles. The minimum Gasteiger partial charge on any atom is -0.456 e. The summed E-state index contributed by atoms with van der Waals surface area (Å²) in [5.41, 5.74) is 0.980. The van der Waals surface area contributed by atoms with Crippen LogP contribution >= 0.6 is 27.5 Å². The van der Waals surface area contributed by atoms with Gasteiger partial charge in [0, 0.05) is 22.7 Å². The highest BCUT2D eigenvalue weighted by Crippen LogP contribution is 2.34. The molecule has 2 aromatic carbocycles. The second-order valence-corrected chi connectivity index (χ2v) is 7.11. The van der Waals surface area contributed by atoms with Crippen molar-refractivity contribution in [1.82, 2.24) is 5.32 Å². The molecular weight excluding hydrogens is 350 g/mol. The Balaban J connectivity index is 2.27. The predicted molar refractivity (Wildman–Crippen MR) is 92.3 cm³/mol. The van der Waals surface area contributed by atoms with Crippen LogP contribution in [0.25, 0.3) is 0 Å². The Morgan fingerprint density at radius 2 is 1.71 bits per heavy atom. The summed E-state index contributed by atoms with van der Waals surface area (Å²) in [7, 11) is 0. The Hall–Kier alpha value is -1.03. The number of hydrogen-bond donors (Lipinski definition) is 1. The molecule has 0 radical (unpaired) electrons. The zero-order valence-corrected chi connectivity index (χ0v) is 14.8. The molecule has 2 aromatic rings. The molecule has 0 aromatic heterocycles. The van der Waals surface area contributed by atoms with E-state index in [-0.39, 0.29) is 5.54 Å². The maximum absolute atomic E-state index is 6.33. The molecule has 21 heavy (non-hydrogen) atoms. The minimum atomic E-state index is 0.0176. The number of ether oxygens (including phenoxy) is 1. The second kappa shape index (κ2) is 6.82. The van der Waals surface area contributed by atoms with Crippen molar-refractivity contribution in [1.29, 1.82) is 0 Å². The van der Waals surface area contributed by atoms with Crippen LogP contribution < -0.4 is 10.1 Å². The van der Waals surface area contributed by atoms with E-state index in [1.165, 1.54) is 0 Å². The summed E-state index contributed by atoms with van der Waals surface area (Å²) in [6, 6.07) is 13.5. The SMILES string of the molecule is CC(C)(C)NCc1c(Cl)cccc1Oc1ccccc1Br. The fraction of sp³-hybridized carbons (Fsp3) is 0.294. The molecule has 0 saturated heterocycles. The highest BCUT2D eigenvalue weighted by Gasteiger charge is 2.14. The van der Waals surface area contributed by atoms with Gasteiger partial charge in [0.15, 0.2) is 0 Å². The summed E-state index contributed by atoms with van der Waals surface area (Å²) in [4.78, 5) is 0. The zero-order valence-electron chi connectivity index (χ0n) is 12.4.